The van der Waals surface area contributed by atoms with E-state index in [0.29, 0.717) is 11.8 Å². The number of halogens is 3. The summed E-state index contributed by atoms with van der Waals surface area (Å²) in [6, 6.07) is 16.8. The number of rotatable bonds is 4. The second-order valence-corrected chi connectivity index (χ2v) is 6.38. The van der Waals surface area contributed by atoms with Crippen molar-refractivity contribution in [2.75, 3.05) is 5.88 Å². The molecule has 0 saturated carbocycles. The second-order valence-electron chi connectivity index (χ2n) is 4.24. The number of hydrogen-bond donors (Lipinski definition) is 0. The first-order valence-corrected chi connectivity index (χ1v) is 7.87. The number of benzene rings is 2. The van der Waals surface area contributed by atoms with Gasteiger partial charge in [-0.3, -0.25) is 0 Å². The van der Waals surface area contributed by atoms with Crippen LogP contribution in [0.1, 0.15) is 17.0 Å². The highest BCUT2D eigenvalue weighted by Gasteiger charge is 2.11. The molecular weight excluding hydrogens is 375 g/mol. The third-order valence-electron chi connectivity index (χ3n) is 2.90. The van der Waals surface area contributed by atoms with Crippen LogP contribution in [0.4, 0.5) is 0 Å². The van der Waals surface area contributed by atoms with Gasteiger partial charge in [0.25, 0.3) is 0 Å². The number of alkyl halides is 1. The van der Waals surface area contributed by atoms with Crippen molar-refractivity contribution in [3.8, 4) is 0 Å². The summed E-state index contributed by atoms with van der Waals surface area (Å²) in [6.45, 7) is 0. The minimum absolute atomic E-state index is 0.356. The third kappa shape index (κ3) is 3.84. The summed E-state index contributed by atoms with van der Waals surface area (Å²) in [5, 5.41) is 0. The van der Waals surface area contributed by atoms with E-state index in [1.807, 2.05) is 6.07 Å². The summed E-state index contributed by atoms with van der Waals surface area (Å²) in [5.74, 6) is 0.989. The van der Waals surface area contributed by atoms with Crippen molar-refractivity contribution in [2.24, 2.45) is 0 Å². The zero-order valence-corrected chi connectivity index (χ0v) is 13.7. The van der Waals surface area contributed by atoms with Crippen LogP contribution in [0.25, 0.3) is 0 Å². The summed E-state index contributed by atoms with van der Waals surface area (Å²) in [5.41, 5.74) is 2.59. The molecular formula is C15H13Br2Cl. The lowest BCUT2D eigenvalue weighted by Gasteiger charge is -2.14. The topological polar surface area (TPSA) is 0 Å². The van der Waals surface area contributed by atoms with Gasteiger partial charge in [-0.2, -0.15) is 0 Å². The van der Waals surface area contributed by atoms with Crippen molar-refractivity contribution < 1.29 is 0 Å². The molecule has 94 valence electrons. The van der Waals surface area contributed by atoms with Gasteiger partial charge in [-0.05, 0) is 41.8 Å². The highest BCUT2D eigenvalue weighted by molar-refractivity contribution is 9.10. The van der Waals surface area contributed by atoms with Gasteiger partial charge in [0.15, 0.2) is 0 Å². The zero-order chi connectivity index (χ0) is 13.0. The van der Waals surface area contributed by atoms with E-state index in [1.54, 1.807) is 0 Å². The Labute approximate surface area is 130 Å². The molecule has 0 aliphatic rings. The molecule has 0 radical (unpaired) electrons. The standard InChI is InChI=1S/C15H13Br2Cl/c16-14-6-4-12(5-7-14)13(10-18)8-11-2-1-3-15(17)9-11/h1-7,9,13H,8,10H2. The molecule has 0 heterocycles. The maximum atomic E-state index is 6.11. The maximum absolute atomic E-state index is 6.11. The summed E-state index contributed by atoms with van der Waals surface area (Å²) >= 11 is 13.1. The van der Waals surface area contributed by atoms with Crippen LogP contribution >= 0.6 is 43.5 Å². The molecule has 0 aromatic heterocycles. The molecule has 2 aromatic carbocycles. The molecule has 0 amide bonds. The first-order chi connectivity index (χ1) is 8.69. The van der Waals surface area contributed by atoms with Gasteiger partial charge in [-0.15, -0.1) is 11.6 Å². The highest BCUT2D eigenvalue weighted by Crippen LogP contribution is 2.25. The fourth-order valence-corrected chi connectivity index (χ4v) is 2.94. The van der Waals surface area contributed by atoms with Crippen molar-refractivity contribution in [1.82, 2.24) is 0 Å². The number of hydrogen-bond acceptors (Lipinski definition) is 0. The molecule has 2 rings (SSSR count). The van der Waals surface area contributed by atoms with Crippen LogP contribution in [-0.4, -0.2) is 5.88 Å². The largest absolute Gasteiger partial charge is 0.126 e. The van der Waals surface area contributed by atoms with Crippen molar-refractivity contribution in [2.45, 2.75) is 12.3 Å². The molecule has 1 unspecified atom stereocenters. The van der Waals surface area contributed by atoms with E-state index in [4.69, 9.17) is 11.6 Å². The molecule has 18 heavy (non-hydrogen) atoms. The van der Waals surface area contributed by atoms with Gasteiger partial charge in [0.05, 0.1) is 0 Å². The predicted octanol–water partition coefficient (Wildman–Crippen LogP) is 5.78. The van der Waals surface area contributed by atoms with E-state index in [-0.39, 0.29) is 0 Å². The molecule has 0 N–H and O–H groups in total. The molecule has 0 fully saturated rings. The Morgan fingerprint density at radius 2 is 1.67 bits per heavy atom. The van der Waals surface area contributed by atoms with Crippen LogP contribution in [0.3, 0.4) is 0 Å². The second kappa shape index (κ2) is 6.74. The molecule has 0 saturated heterocycles. The van der Waals surface area contributed by atoms with Crippen LogP contribution in [0, 0.1) is 0 Å². The van der Waals surface area contributed by atoms with Crippen LogP contribution < -0.4 is 0 Å². The minimum atomic E-state index is 0.356. The average molecular weight is 389 g/mol. The van der Waals surface area contributed by atoms with E-state index in [9.17, 15) is 0 Å². The Hall–Kier alpha value is -0.310. The average Bonchev–Trinajstić information content (AvgIpc) is 2.37. The van der Waals surface area contributed by atoms with Gasteiger partial charge < -0.3 is 0 Å². The van der Waals surface area contributed by atoms with E-state index in [1.165, 1.54) is 11.1 Å². The minimum Gasteiger partial charge on any atom is -0.126 e. The van der Waals surface area contributed by atoms with Crippen molar-refractivity contribution in [3.05, 3.63) is 68.6 Å². The molecule has 1 atom stereocenters. The molecule has 3 heteroatoms. The smallest absolute Gasteiger partial charge is 0.0295 e. The predicted molar refractivity (Wildman–Crippen MR) is 85.4 cm³/mol. The molecule has 0 nitrogen and oxygen atoms in total. The van der Waals surface area contributed by atoms with E-state index in [2.05, 4.69) is 74.3 Å². The van der Waals surface area contributed by atoms with Gasteiger partial charge in [0.2, 0.25) is 0 Å². The van der Waals surface area contributed by atoms with E-state index < -0.39 is 0 Å². The summed E-state index contributed by atoms with van der Waals surface area (Å²) < 4.78 is 2.21. The Morgan fingerprint density at radius 1 is 0.944 bits per heavy atom. The lowest BCUT2D eigenvalue weighted by Crippen LogP contribution is -2.04. The Bertz CT molecular complexity index is 508. The van der Waals surface area contributed by atoms with E-state index in [0.717, 1.165) is 15.4 Å². The fraction of sp³-hybridized carbons (Fsp3) is 0.200. The Morgan fingerprint density at radius 3 is 2.28 bits per heavy atom. The fourth-order valence-electron chi connectivity index (χ4n) is 1.94. The normalized spacial score (nSPS) is 12.4. The lowest BCUT2D eigenvalue weighted by molar-refractivity contribution is 0.766. The summed E-state index contributed by atoms with van der Waals surface area (Å²) in [7, 11) is 0. The van der Waals surface area contributed by atoms with Crippen LogP contribution in [0.15, 0.2) is 57.5 Å². The monoisotopic (exact) mass is 386 g/mol. The van der Waals surface area contributed by atoms with Crippen LogP contribution in [0.2, 0.25) is 0 Å². The summed E-state index contributed by atoms with van der Waals surface area (Å²) in [4.78, 5) is 0. The van der Waals surface area contributed by atoms with Gasteiger partial charge in [0, 0.05) is 20.7 Å². The van der Waals surface area contributed by atoms with Crippen molar-refractivity contribution in [1.29, 1.82) is 0 Å². The Balaban J connectivity index is 2.17. The van der Waals surface area contributed by atoms with Gasteiger partial charge in [-0.1, -0.05) is 56.1 Å². The molecule has 0 bridgehead atoms. The van der Waals surface area contributed by atoms with E-state index >= 15 is 0 Å². The van der Waals surface area contributed by atoms with Crippen molar-refractivity contribution >= 4 is 43.5 Å². The first-order valence-electron chi connectivity index (χ1n) is 5.75. The molecule has 0 aliphatic carbocycles. The lowest BCUT2D eigenvalue weighted by atomic mass is 9.94. The molecule has 0 spiro atoms. The quantitative estimate of drug-likeness (QED) is 0.583. The van der Waals surface area contributed by atoms with Gasteiger partial charge in [-0.25, -0.2) is 0 Å². The summed E-state index contributed by atoms with van der Waals surface area (Å²) in [6.07, 6.45) is 0.963. The molecule has 2 aromatic rings. The van der Waals surface area contributed by atoms with Gasteiger partial charge >= 0.3 is 0 Å². The first kappa shape index (κ1) is 14.1. The van der Waals surface area contributed by atoms with Crippen molar-refractivity contribution in [3.63, 3.8) is 0 Å². The van der Waals surface area contributed by atoms with Crippen LogP contribution in [-0.2, 0) is 6.42 Å². The molecule has 0 aliphatic heterocycles. The highest BCUT2D eigenvalue weighted by atomic mass is 79.9. The third-order valence-corrected chi connectivity index (χ3v) is 4.29. The zero-order valence-electron chi connectivity index (χ0n) is 9.74. The van der Waals surface area contributed by atoms with Crippen LogP contribution in [0.5, 0.6) is 0 Å². The Kier molecular flexibility index (Phi) is 5.28. The maximum Gasteiger partial charge on any atom is 0.0295 e. The SMILES string of the molecule is ClCC(Cc1cccc(Br)c1)c1ccc(Br)cc1. The van der Waals surface area contributed by atoms with Gasteiger partial charge in [0.1, 0.15) is 0 Å².